The molecule has 3 N–H and O–H groups in total. The number of benzene rings is 2. The molecule has 0 aliphatic carbocycles. The summed E-state index contributed by atoms with van der Waals surface area (Å²) in [5, 5.41) is 8.59. The summed E-state index contributed by atoms with van der Waals surface area (Å²) in [7, 11) is 1.61. The lowest BCUT2D eigenvalue weighted by molar-refractivity contribution is -0.121. The molecule has 2 amide bonds. The van der Waals surface area contributed by atoms with Gasteiger partial charge in [-0.05, 0) is 60.3 Å². The molecule has 29 heavy (non-hydrogen) atoms. The summed E-state index contributed by atoms with van der Waals surface area (Å²) in [5.74, 6) is 0.0933. The third kappa shape index (κ3) is 7.31. The Kier molecular flexibility index (Phi) is 8.34. The highest BCUT2D eigenvalue weighted by atomic mass is 32.1. The van der Waals surface area contributed by atoms with Crippen LogP contribution >= 0.6 is 12.2 Å². The van der Waals surface area contributed by atoms with Crippen molar-refractivity contribution < 1.29 is 9.59 Å². The van der Waals surface area contributed by atoms with Gasteiger partial charge in [-0.25, -0.2) is 0 Å². The Bertz CT molecular complexity index is 845. The molecule has 0 aliphatic rings. The summed E-state index contributed by atoms with van der Waals surface area (Å²) in [6.07, 6.45) is 1.35. The largest absolute Gasteiger partial charge is 0.359 e. The predicted molar refractivity (Wildman–Crippen MR) is 122 cm³/mol. The lowest BCUT2D eigenvalue weighted by Gasteiger charge is -2.15. The first-order valence-corrected chi connectivity index (χ1v) is 10.2. The topological polar surface area (TPSA) is 70.2 Å². The molecule has 0 spiro atoms. The van der Waals surface area contributed by atoms with Crippen LogP contribution in [0.25, 0.3) is 0 Å². The Hall–Kier alpha value is -2.73. The average molecular weight is 412 g/mol. The number of carbonyl (C=O) groups excluding carboxylic acids is 2. The molecular formula is C23H29N3O2S. The minimum absolute atomic E-state index is 0.0419. The van der Waals surface area contributed by atoms with E-state index in [0.29, 0.717) is 12.3 Å². The normalized spacial score (nSPS) is 11.6. The number of likely N-dealkylation sites (N-methyl/N-ethyl adjacent to an activating group) is 1. The van der Waals surface area contributed by atoms with E-state index in [0.717, 1.165) is 23.2 Å². The number of amides is 2. The molecule has 2 rings (SSSR count). The fourth-order valence-corrected chi connectivity index (χ4v) is 3.15. The fourth-order valence-electron chi connectivity index (χ4n) is 2.93. The van der Waals surface area contributed by atoms with Crippen LogP contribution in [0.1, 0.15) is 43.4 Å². The molecule has 0 aliphatic heterocycles. The number of nitrogens with one attached hydrogen (secondary N) is 3. The molecule has 2 aromatic rings. The van der Waals surface area contributed by atoms with Crippen molar-refractivity contribution in [1.29, 1.82) is 0 Å². The van der Waals surface area contributed by atoms with Gasteiger partial charge in [-0.3, -0.25) is 9.59 Å². The monoisotopic (exact) mass is 411 g/mol. The lowest BCUT2D eigenvalue weighted by Crippen LogP contribution is -2.36. The molecule has 0 saturated heterocycles. The fraction of sp³-hybridized carbons (Fsp3) is 0.348. The van der Waals surface area contributed by atoms with Crippen LogP contribution in [0.2, 0.25) is 0 Å². The highest BCUT2D eigenvalue weighted by Gasteiger charge is 2.16. The number of thiocarbonyl (C=S) groups is 1. The Morgan fingerprint density at radius 3 is 2.07 bits per heavy atom. The summed E-state index contributed by atoms with van der Waals surface area (Å²) in [5.41, 5.74) is 3.88. The first kappa shape index (κ1) is 22.6. The summed E-state index contributed by atoms with van der Waals surface area (Å²) >= 11 is 5.26. The average Bonchev–Trinajstić information content (AvgIpc) is 2.68. The van der Waals surface area contributed by atoms with Crippen LogP contribution < -0.4 is 16.0 Å². The third-order valence-electron chi connectivity index (χ3n) is 4.61. The van der Waals surface area contributed by atoms with Crippen molar-refractivity contribution in [2.24, 2.45) is 5.92 Å². The SMILES string of the molecule is CNC(=O)Cc1ccc(NC(=S)NC(=O)C(C)c2ccc(CC(C)C)cc2)cc1. The van der Waals surface area contributed by atoms with Gasteiger partial charge in [0.25, 0.3) is 0 Å². The van der Waals surface area contributed by atoms with Crippen LogP contribution in [-0.2, 0) is 22.4 Å². The van der Waals surface area contributed by atoms with Gasteiger partial charge in [-0.1, -0.05) is 50.2 Å². The van der Waals surface area contributed by atoms with Crippen LogP contribution in [0.5, 0.6) is 0 Å². The molecule has 0 aromatic heterocycles. The van der Waals surface area contributed by atoms with Gasteiger partial charge in [0.15, 0.2) is 5.11 Å². The maximum atomic E-state index is 12.5. The minimum Gasteiger partial charge on any atom is -0.359 e. The number of anilines is 1. The van der Waals surface area contributed by atoms with E-state index in [9.17, 15) is 9.59 Å². The summed E-state index contributed by atoms with van der Waals surface area (Å²) in [6, 6.07) is 15.5. The molecule has 0 fully saturated rings. The molecule has 0 radical (unpaired) electrons. The van der Waals surface area contributed by atoms with Gasteiger partial charge in [-0.15, -0.1) is 0 Å². The maximum Gasteiger partial charge on any atom is 0.233 e. The van der Waals surface area contributed by atoms with E-state index in [-0.39, 0.29) is 22.8 Å². The van der Waals surface area contributed by atoms with Crippen molar-refractivity contribution in [2.45, 2.75) is 39.5 Å². The van der Waals surface area contributed by atoms with Crippen molar-refractivity contribution >= 4 is 34.8 Å². The quantitative estimate of drug-likeness (QED) is 0.606. The van der Waals surface area contributed by atoms with Crippen molar-refractivity contribution in [3.8, 4) is 0 Å². The molecule has 5 nitrogen and oxygen atoms in total. The predicted octanol–water partition coefficient (Wildman–Crippen LogP) is 3.79. The second kappa shape index (κ2) is 10.7. The molecular weight excluding hydrogens is 382 g/mol. The highest BCUT2D eigenvalue weighted by Crippen LogP contribution is 2.18. The number of carbonyl (C=O) groups is 2. The van der Waals surface area contributed by atoms with Gasteiger partial charge < -0.3 is 16.0 Å². The van der Waals surface area contributed by atoms with Gasteiger partial charge in [-0.2, -0.15) is 0 Å². The van der Waals surface area contributed by atoms with Gasteiger partial charge in [0, 0.05) is 12.7 Å². The third-order valence-corrected chi connectivity index (χ3v) is 4.81. The molecule has 0 saturated carbocycles. The first-order valence-electron chi connectivity index (χ1n) is 9.78. The molecule has 2 aromatic carbocycles. The Morgan fingerprint density at radius 1 is 0.931 bits per heavy atom. The highest BCUT2D eigenvalue weighted by molar-refractivity contribution is 7.80. The smallest absolute Gasteiger partial charge is 0.233 e. The molecule has 6 heteroatoms. The van der Waals surface area contributed by atoms with Crippen LogP contribution in [0.15, 0.2) is 48.5 Å². The first-order chi connectivity index (χ1) is 13.8. The van der Waals surface area contributed by atoms with Crippen LogP contribution in [-0.4, -0.2) is 24.0 Å². The van der Waals surface area contributed by atoms with E-state index < -0.39 is 0 Å². The van der Waals surface area contributed by atoms with Crippen molar-refractivity contribution in [1.82, 2.24) is 10.6 Å². The van der Waals surface area contributed by atoms with E-state index in [2.05, 4.69) is 41.9 Å². The van der Waals surface area contributed by atoms with Gasteiger partial charge >= 0.3 is 0 Å². The zero-order valence-electron chi connectivity index (χ0n) is 17.4. The Labute approximate surface area is 178 Å². The molecule has 0 bridgehead atoms. The molecule has 1 unspecified atom stereocenters. The zero-order chi connectivity index (χ0) is 21.4. The molecule has 154 valence electrons. The van der Waals surface area contributed by atoms with Crippen molar-refractivity contribution in [3.05, 3.63) is 65.2 Å². The lowest BCUT2D eigenvalue weighted by atomic mass is 9.96. The number of hydrogen-bond donors (Lipinski definition) is 3. The van der Waals surface area contributed by atoms with E-state index in [1.165, 1.54) is 5.56 Å². The standard InChI is InChI=1S/C23H29N3O2S/c1-15(2)13-17-5-9-19(10-6-17)16(3)22(28)26-23(29)25-20-11-7-18(8-12-20)14-21(27)24-4/h5-12,15-16H,13-14H2,1-4H3,(H,24,27)(H2,25,26,28,29). The minimum atomic E-state index is -0.308. The Morgan fingerprint density at radius 2 is 1.52 bits per heavy atom. The van der Waals surface area contributed by atoms with E-state index in [1.54, 1.807) is 7.05 Å². The van der Waals surface area contributed by atoms with Crippen LogP contribution in [0.3, 0.4) is 0 Å². The summed E-state index contributed by atoms with van der Waals surface area (Å²) < 4.78 is 0. The van der Waals surface area contributed by atoms with Crippen molar-refractivity contribution in [2.75, 3.05) is 12.4 Å². The van der Waals surface area contributed by atoms with Crippen LogP contribution in [0, 0.1) is 5.92 Å². The second-order valence-corrected chi connectivity index (χ2v) is 7.96. The van der Waals surface area contributed by atoms with Gasteiger partial charge in [0.05, 0.1) is 12.3 Å². The summed E-state index contributed by atoms with van der Waals surface area (Å²) in [4.78, 5) is 23.9. The van der Waals surface area contributed by atoms with Gasteiger partial charge in [0.2, 0.25) is 11.8 Å². The van der Waals surface area contributed by atoms with E-state index in [1.807, 2.05) is 43.3 Å². The number of rotatable bonds is 7. The van der Waals surface area contributed by atoms with Crippen LogP contribution in [0.4, 0.5) is 5.69 Å². The Balaban J connectivity index is 1.89. The summed E-state index contributed by atoms with van der Waals surface area (Å²) in [6.45, 7) is 6.24. The van der Waals surface area contributed by atoms with Gasteiger partial charge in [0.1, 0.15) is 0 Å². The van der Waals surface area contributed by atoms with E-state index >= 15 is 0 Å². The number of hydrogen-bond acceptors (Lipinski definition) is 3. The molecule has 0 heterocycles. The second-order valence-electron chi connectivity index (χ2n) is 7.55. The van der Waals surface area contributed by atoms with Crippen molar-refractivity contribution in [3.63, 3.8) is 0 Å². The zero-order valence-corrected chi connectivity index (χ0v) is 18.2. The van der Waals surface area contributed by atoms with E-state index in [4.69, 9.17) is 12.2 Å². The maximum absolute atomic E-state index is 12.5. The molecule has 1 atom stereocenters.